The van der Waals surface area contributed by atoms with Gasteiger partial charge in [0.05, 0.1) is 11.3 Å². The van der Waals surface area contributed by atoms with Crippen molar-refractivity contribution in [3.8, 4) is 5.75 Å². The number of para-hydroxylation sites is 1. The van der Waals surface area contributed by atoms with E-state index in [0.29, 0.717) is 18.0 Å². The molecular weight excluding hydrogens is 474 g/mol. The minimum absolute atomic E-state index is 0.0594. The Bertz CT molecular complexity index is 1220. The molecule has 7 nitrogen and oxygen atoms in total. The van der Waals surface area contributed by atoms with Crippen LogP contribution in [0.4, 0.5) is 0 Å². The predicted molar refractivity (Wildman–Crippen MR) is 148 cm³/mol. The summed E-state index contributed by atoms with van der Waals surface area (Å²) >= 11 is 0. The van der Waals surface area contributed by atoms with Crippen LogP contribution in [-0.2, 0) is 13.0 Å². The summed E-state index contributed by atoms with van der Waals surface area (Å²) in [6, 6.07) is 12.7. The van der Waals surface area contributed by atoms with E-state index in [2.05, 4.69) is 56.3 Å². The van der Waals surface area contributed by atoms with Gasteiger partial charge in [-0.3, -0.25) is 14.7 Å². The summed E-state index contributed by atoms with van der Waals surface area (Å²) in [6.07, 6.45) is 12.0. The largest absolute Gasteiger partial charge is 0.492 e. The molecule has 1 saturated heterocycles. The Kier molecular flexibility index (Phi) is 8.32. The minimum atomic E-state index is 0.0594. The van der Waals surface area contributed by atoms with Crippen molar-refractivity contribution < 1.29 is 9.53 Å². The molecule has 200 valence electrons. The van der Waals surface area contributed by atoms with Gasteiger partial charge in [-0.25, -0.2) is 9.97 Å². The van der Waals surface area contributed by atoms with Gasteiger partial charge in [0.15, 0.2) is 0 Å². The molecule has 38 heavy (non-hydrogen) atoms. The second kappa shape index (κ2) is 12.0. The van der Waals surface area contributed by atoms with Crippen molar-refractivity contribution in [2.45, 2.75) is 58.9 Å². The lowest BCUT2D eigenvalue weighted by Crippen LogP contribution is -2.48. The monoisotopic (exact) mass is 513 g/mol. The second-order valence-electron chi connectivity index (χ2n) is 10.9. The Morgan fingerprint density at radius 2 is 1.79 bits per heavy atom. The summed E-state index contributed by atoms with van der Waals surface area (Å²) < 4.78 is 6.30. The highest BCUT2D eigenvalue weighted by atomic mass is 16.5. The third-order valence-corrected chi connectivity index (χ3v) is 8.20. The zero-order valence-electron chi connectivity index (χ0n) is 22.7. The maximum atomic E-state index is 13.3. The quantitative estimate of drug-likeness (QED) is 0.490. The Hall–Kier alpha value is -3.32. The lowest BCUT2D eigenvalue weighted by molar-refractivity contribution is 0.0360. The van der Waals surface area contributed by atoms with Crippen LogP contribution in [0.2, 0.25) is 0 Å². The first-order valence-electron chi connectivity index (χ1n) is 13.9. The fourth-order valence-electron chi connectivity index (χ4n) is 6.02. The first-order chi connectivity index (χ1) is 18.5. The number of ether oxygens (including phenoxy) is 1. The summed E-state index contributed by atoms with van der Waals surface area (Å²) in [7, 11) is 0. The molecule has 5 rings (SSSR count). The van der Waals surface area contributed by atoms with E-state index in [4.69, 9.17) is 4.74 Å². The van der Waals surface area contributed by atoms with Crippen molar-refractivity contribution in [2.75, 3.05) is 32.8 Å². The maximum Gasteiger partial charge on any atom is 0.257 e. The number of rotatable bonds is 3. The van der Waals surface area contributed by atoms with Crippen molar-refractivity contribution >= 4 is 5.91 Å². The van der Waals surface area contributed by atoms with E-state index < -0.39 is 0 Å². The van der Waals surface area contributed by atoms with Crippen LogP contribution in [-0.4, -0.2) is 63.4 Å². The van der Waals surface area contributed by atoms with Gasteiger partial charge in [0.25, 0.3) is 5.91 Å². The fourth-order valence-corrected chi connectivity index (χ4v) is 6.02. The van der Waals surface area contributed by atoms with Crippen LogP contribution in [0.5, 0.6) is 5.75 Å². The number of carbonyl (C=O) groups excluding carboxylic acids is 1. The van der Waals surface area contributed by atoms with E-state index in [9.17, 15) is 4.79 Å². The Morgan fingerprint density at radius 3 is 2.58 bits per heavy atom. The summed E-state index contributed by atoms with van der Waals surface area (Å²) in [5, 5.41) is 0. The number of benzene rings is 1. The summed E-state index contributed by atoms with van der Waals surface area (Å²) in [5.41, 5.74) is 4.14. The molecule has 0 unspecified atom stereocenters. The molecule has 0 radical (unpaired) electrons. The third-order valence-electron chi connectivity index (χ3n) is 8.20. The number of piperidine rings is 1. The molecule has 0 bridgehead atoms. The van der Waals surface area contributed by atoms with Gasteiger partial charge in [0, 0.05) is 51.3 Å². The molecule has 0 saturated carbocycles. The van der Waals surface area contributed by atoms with Gasteiger partial charge in [0.1, 0.15) is 18.2 Å². The molecule has 1 amide bonds. The summed E-state index contributed by atoms with van der Waals surface area (Å²) in [5.74, 6) is 1.78. The maximum absolute atomic E-state index is 13.3. The third kappa shape index (κ3) is 6.38. The standard InChI is InChI=1S/C31H39N5O2/c1-24-28(21-33-25(2)34-24)30(37)36-17-13-31(14-18-36)12-6-5-8-27-7-3-4-9-29(27)38-20-19-35(23-31)22-26-10-15-32-16-11-26/h3-4,7,9-11,15-16,21H,5-6,8,12-14,17-20,22-23H2,1-2H3. The number of aromatic nitrogens is 3. The number of hydrogen-bond acceptors (Lipinski definition) is 6. The number of amides is 1. The highest BCUT2D eigenvalue weighted by molar-refractivity contribution is 5.95. The Morgan fingerprint density at radius 1 is 1.00 bits per heavy atom. The van der Waals surface area contributed by atoms with Crippen LogP contribution < -0.4 is 4.74 Å². The van der Waals surface area contributed by atoms with E-state index in [1.807, 2.05) is 31.1 Å². The number of fused-ring (bicyclic) bond motifs is 1. The second-order valence-corrected chi connectivity index (χ2v) is 10.9. The molecule has 4 heterocycles. The molecule has 7 heteroatoms. The van der Waals surface area contributed by atoms with Gasteiger partial charge in [-0.15, -0.1) is 0 Å². The predicted octanol–water partition coefficient (Wildman–Crippen LogP) is 5.02. The van der Waals surface area contributed by atoms with Crippen LogP contribution in [0, 0.1) is 19.3 Å². The molecule has 2 aliphatic heterocycles. The molecular formula is C31H39N5O2. The SMILES string of the molecule is Cc1ncc(C(=O)N2CCC3(CCCCc4ccccc4OCCN(Cc4ccncc4)C3)CC2)c(C)n1. The van der Waals surface area contributed by atoms with E-state index in [0.717, 1.165) is 69.9 Å². The topological polar surface area (TPSA) is 71.5 Å². The fraction of sp³-hybridized carbons (Fsp3) is 0.484. The van der Waals surface area contributed by atoms with Crippen LogP contribution in [0.1, 0.15) is 65.1 Å². The van der Waals surface area contributed by atoms with Crippen LogP contribution in [0.3, 0.4) is 0 Å². The number of aryl methyl sites for hydroxylation is 3. The highest BCUT2D eigenvalue weighted by Gasteiger charge is 2.37. The smallest absolute Gasteiger partial charge is 0.257 e. The molecule has 1 spiro atoms. The molecule has 2 aromatic heterocycles. The van der Waals surface area contributed by atoms with Gasteiger partial charge in [-0.1, -0.05) is 24.6 Å². The molecule has 2 aliphatic rings. The van der Waals surface area contributed by atoms with E-state index >= 15 is 0 Å². The Balaban J connectivity index is 1.33. The van der Waals surface area contributed by atoms with Gasteiger partial charge >= 0.3 is 0 Å². The van der Waals surface area contributed by atoms with Crippen LogP contribution in [0.25, 0.3) is 0 Å². The number of pyridine rings is 1. The normalized spacial score (nSPS) is 18.6. The van der Waals surface area contributed by atoms with E-state index in [1.54, 1.807) is 6.20 Å². The van der Waals surface area contributed by atoms with E-state index in [1.165, 1.54) is 24.0 Å². The molecule has 0 N–H and O–H groups in total. The van der Waals surface area contributed by atoms with Gasteiger partial charge < -0.3 is 9.64 Å². The average molecular weight is 514 g/mol. The van der Waals surface area contributed by atoms with Crippen LogP contribution in [0.15, 0.2) is 55.0 Å². The molecule has 1 aromatic carbocycles. The van der Waals surface area contributed by atoms with Crippen molar-refractivity contribution in [1.82, 2.24) is 24.8 Å². The molecule has 3 aromatic rings. The van der Waals surface area contributed by atoms with Crippen molar-refractivity contribution in [1.29, 1.82) is 0 Å². The van der Waals surface area contributed by atoms with E-state index in [-0.39, 0.29) is 11.3 Å². The number of hydrogen-bond donors (Lipinski definition) is 0. The first kappa shape index (κ1) is 26.3. The van der Waals surface area contributed by atoms with Gasteiger partial charge in [-0.2, -0.15) is 0 Å². The highest BCUT2D eigenvalue weighted by Crippen LogP contribution is 2.39. The van der Waals surface area contributed by atoms with Crippen molar-refractivity contribution in [3.05, 3.63) is 83.2 Å². The van der Waals surface area contributed by atoms with Crippen molar-refractivity contribution in [2.24, 2.45) is 5.41 Å². The van der Waals surface area contributed by atoms with Gasteiger partial charge in [-0.05, 0) is 80.7 Å². The Labute approximate surface area is 226 Å². The van der Waals surface area contributed by atoms with Crippen LogP contribution >= 0.6 is 0 Å². The molecule has 0 aliphatic carbocycles. The number of carbonyl (C=O) groups is 1. The van der Waals surface area contributed by atoms with Crippen molar-refractivity contribution in [3.63, 3.8) is 0 Å². The number of likely N-dealkylation sites (tertiary alicyclic amines) is 1. The minimum Gasteiger partial charge on any atom is -0.492 e. The average Bonchev–Trinajstić information content (AvgIpc) is 2.92. The lowest BCUT2D eigenvalue weighted by atomic mass is 9.73. The number of nitrogens with zero attached hydrogens (tertiary/aromatic N) is 5. The zero-order valence-corrected chi connectivity index (χ0v) is 22.7. The zero-order chi connectivity index (χ0) is 26.4. The summed E-state index contributed by atoms with van der Waals surface area (Å²) in [6.45, 7) is 8.71. The summed E-state index contributed by atoms with van der Waals surface area (Å²) in [4.78, 5) is 30.8. The first-order valence-corrected chi connectivity index (χ1v) is 13.9. The molecule has 0 atom stereocenters. The molecule has 1 fully saturated rings. The lowest BCUT2D eigenvalue weighted by Gasteiger charge is -2.45. The van der Waals surface area contributed by atoms with Gasteiger partial charge in [0.2, 0.25) is 0 Å².